The first-order valence-corrected chi connectivity index (χ1v) is 1.82. The van der Waals surface area contributed by atoms with Gasteiger partial charge in [-0.3, -0.25) is 0 Å². The number of rotatable bonds is 2. The maximum absolute atomic E-state index is 9.31. The lowest BCUT2D eigenvalue weighted by atomic mass is 10.6. The van der Waals surface area contributed by atoms with E-state index in [-0.39, 0.29) is 0 Å². The van der Waals surface area contributed by atoms with Gasteiger partial charge < -0.3 is 5.73 Å². The quantitative estimate of drug-likeness (QED) is 0.384. The molecule has 2 N–H and O–H groups in total. The van der Waals surface area contributed by atoms with E-state index >= 15 is 0 Å². The molecule has 3 heteroatoms. The number of hydrogen-bond donors (Lipinski definition) is 1. The number of hydrogen-bond acceptors (Lipinski definition) is 3. The predicted octanol–water partition coefficient (Wildman–Crippen LogP) is -0.205. The Morgan fingerprint density at radius 2 is 2.57 bits per heavy atom. The minimum Gasteiger partial charge on any atom is -0.405 e. The van der Waals surface area contributed by atoms with Crippen molar-refractivity contribution in [3.63, 3.8) is 0 Å². The monoisotopic (exact) mass is 98.0 g/mol. The van der Waals surface area contributed by atoms with Crippen LogP contribution in [0.2, 0.25) is 0 Å². The molecular weight excluding hydrogens is 92.1 g/mol. The van der Waals surface area contributed by atoms with Crippen LogP contribution in [0.3, 0.4) is 0 Å². The van der Waals surface area contributed by atoms with Gasteiger partial charge in [0, 0.05) is 0 Å². The van der Waals surface area contributed by atoms with Crippen molar-refractivity contribution in [3.8, 4) is 0 Å². The van der Waals surface area contributed by atoms with Gasteiger partial charge in [-0.25, -0.2) is 9.79 Å². The van der Waals surface area contributed by atoms with Crippen LogP contribution < -0.4 is 5.73 Å². The molecule has 0 saturated heterocycles. The lowest BCUT2D eigenvalue weighted by Crippen LogP contribution is -1.77. The van der Waals surface area contributed by atoms with E-state index in [1.54, 1.807) is 6.08 Å². The van der Waals surface area contributed by atoms with Crippen LogP contribution in [0.4, 0.5) is 0 Å². The molecule has 0 aromatic carbocycles. The first kappa shape index (κ1) is 5.92. The Kier molecular flexibility index (Phi) is 4.16. The summed E-state index contributed by atoms with van der Waals surface area (Å²) in [6.07, 6.45) is 4.27. The Labute approximate surface area is 41.5 Å². The molecule has 0 rings (SSSR count). The van der Waals surface area contributed by atoms with Crippen LogP contribution in [-0.2, 0) is 4.79 Å². The SMILES string of the molecule is NC=CCN=C=O. The molecule has 0 radical (unpaired) electrons. The lowest BCUT2D eigenvalue weighted by molar-refractivity contribution is 0.564. The summed E-state index contributed by atoms with van der Waals surface area (Å²) >= 11 is 0. The van der Waals surface area contributed by atoms with Gasteiger partial charge >= 0.3 is 0 Å². The maximum Gasteiger partial charge on any atom is 0.235 e. The molecular formula is C4H6N2O. The molecule has 38 valence electrons. The van der Waals surface area contributed by atoms with Crippen LogP contribution >= 0.6 is 0 Å². The van der Waals surface area contributed by atoms with Crippen LogP contribution in [0, 0.1) is 0 Å². The molecule has 0 amide bonds. The summed E-state index contributed by atoms with van der Waals surface area (Å²) in [7, 11) is 0. The number of nitrogens with zero attached hydrogens (tertiary/aromatic N) is 1. The minimum atomic E-state index is 0.333. The van der Waals surface area contributed by atoms with E-state index in [0.717, 1.165) is 0 Å². The van der Waals surface area contributed by atoms with Crippen LogP contribution in [0.1, 0.15) is 0 Å². The fourth-order valence-electron chi connectivity index (χ4n) is 0.151. The molecule has 0 aliphatic carbocycles. The van der Waals surface area contributed by atoms with E-state index in [1.165, 1.54) is 12.3 Å². The second kappa shape index (κ2) is 4.92. The highest BCUT2D eigenvalue weighted by molar-refractivity contribution is 5.33. The number of isocyanates is 1. The van der Waals surface area contributed by atoms with Crippen LogP contribution in [0.5, 0.6) is 0 Å². The van der Waals surface area contributed by atoms with Crippen molar-refractivity contribution in [2.24, 2.45) is 10.7 Å². The van der Waals surface area contributed by atoms with Crippen molar-refractivity contribution in [2.75, 3.05) is 6.54 Å². The summed E-state index contributed by atoms with van der Waals surface area (Å²) in [4.78, 5) is 12.5. The molecule has 0 fully saturated rings. The third-order valence-electron chi connectivity index (χ3n) is 0.397. The molecule has 7 heavy (non-hydrogen) atoms. The highest BCUT2D eigenvalue weighted by Crippen LogP contribution is 1.64. The molecule has 0 aliphatic heterocycles. The topological polar surface area (TPSA) is 55.4 Å². The zero-order chi connectivity index (χ0) is 5.54. The smallest absolute Gasteiger partial charge is 0.235 e. The van der Waals surface area contributed by atoms with Crippen LogP contribution in [0.25, 0.3) is 0 Å². The zero-order valence-corrected chi connectivity index (χ0v) is 3.79. The molecule has 0 bridgehead atoms. The summed E-state index contributed by atoms with van der Waals surface area (Å²) in [5, 5.41) is 0. The van der Waals surface area contributed by atoms with Gasteiger partial charge in [0.2, 0.25) is 6.08 Å². The number of carbonyl (C=O) groups excluding carboxylic acids is 1. The van der Waals surface area contributed by atoms with Crippen molar-refractivity contribution in [2.45, 2.75) is 0 Å². The van der Waals surface area contributed by atoms with Gasteiger partial charge in [0.05, 0.1) is 6.54 Å². The lowest BCUT2D eigenvalue weighted by Gasteiger charge is -1.69. The third-order valence-corrected chi connectivity index (χ3v) is 0.397. The van der Waals surface area contributed by atoms with Crippen molar-refractivity contribution < 1.29 is 4.79 Å². The van der Waals surface area contributed by atoms with Gasteiger partial charge in [0.15, 0.2) is 0 Å². The van der Waals surface area contributed by atoms with Crippen molar-refractivity contribution >= 4 is 6.08 Å². The highest BCUT2D eigenvalue weighted by atomic mass is 16.1. The Bertz CT molecular complexity index is 102. The Balaban J connectivity index is 3.15. The summed E-state index contributed by atoms with van der Waals surface area (Å²) in [5.41, 5.74) is 4.90. The summed E-state index contributed by atoms with van der Waals surface area (Å²) in [6.45, 7) is 0.333. The van der Waals surface area contributed by atoms with E-state index in [2.05, 4.69) is 4.99 Å². The molecule has 0 saturated carbocycles. The molecule has 0 aromatic rings. The van der Waals surface area contributed by atoms with Crippen LogP contribution in [0.15, 0.2) is 17.3 Å². The standard InChI is InChI=1S/C4H6N2O/c5-2-1-3-6-4-7/h1-2H,3,5H2. The van der Waals surface area contributed by atoms with Crippen molar-refractivity contribution in [3.05, 3.63) is 12.3 Å². The predicted molar refractivity (Wildman–Crippen MR) is 26.3 cm³/mol. The Morgan fingerprint density at radius 1 is 1.86 bits per heavy atom. The second-order valence-electron chi connectivity index (χ2n) is 0.860. The second-order valence-corrected chi connectivity index (χ2v) is 0.860. The van der Waals surface area contributed by atoms with Gasteiger partial charge in [0.1, 0.15) is 0 Å². The molecule has 0 unspecified atom stereocenters. The van der Waals surface area contributed by atoms with E-state index in [9.17, 15) is 4.79 Å². The Morgan fingerprint density at radius 3 is 3.00 bits per heavy atom. The van der Waals surface area contributed by atoms with Crippen molar-refractivity contribution in [1.29, 1.82) is 0 Å². The molecule has 0 aliphatic rings. The van der Waals surface area contributed by atoms with E-state index in [1.807, 2.05) is 0 Å². The van der Waals surface area contributed by atoms with Gasteiger partial charge in [-0.2, -0.15) is 0 Å². The van der Waals surface area contributed by atoms with E-state index < -0.39 is 0 Å². The van der Waals surface area contributed by atoms with Gasteiger partial charge in [-0.05, 0) is 12.3 Å². The fraction of sp³-hybridized carbons (Fsp3) is 0.250. The van der Waals surface area contributed by atoms with Crippen molar-refractivity contribution in [1.82, 2.24) is 0 Å². The summed E-state index contributed by atoms with van der Waals surface area (Å²) in [5.74, 6) is 0. The van der Waals surface area contributed by atoms with Gasteiger partial charge in [-0.15, -0.1) is 0 Å². The highest BCUT2D eigenvalue weighted by Gasteiger charge is 1.62. The average molecular weight is 98.1 g/mol. The number of nitrogens with two attached hydrogens (primary N) is 1. The summed E-state index contributed by atoms with van der Waals surface area (Å²) in [6, 6.07) is 0. The maximum atomic E-state index is 9.31. The van der Waals surface area contributed by atoms with E-state index in [4.69, 9.17) is 5.73 Å². The largest absolute Gasteiger partial charge is 0.405 e. The average Bonchev–Trinajstić information content (AvgIpc) is 1.69. The molecule has 0 aromatic heterocycles. The van der Waals surface area contributed by atoms with Gasteiger partial charge in [0.25, 0.3) is 0 Å². The molecule has 0 heterocycles. The Hall–Kier alpha value is -1.08. The first-order valence-electron chi connectivity index (χ1n) is 1.82. The fourth-order valence-corrected chi connectivity index (χ4v) is 0.151. The zero-order valence-electron chi connectivity index (χ0n) is 3.79. The molecule has 0 spiro atoms. The first-order chi connectivity index (χ1) is 3.41. The minimum absolute atomic E-state index is 0.333. The molecule has 3 nitrogen and oxygen atoms in total. The third kappa shape index (κ3) is 4.92. The normalized spacial score (nSPS) is 8.57. The van der Waals surface area contributed by atoms with Crippen LogP contribution in [-0.4, -0.2) is 12.6 Å². The number of aliphatic imine (C=N–C) groups is 1. The molecule has 0 atom stereocenters. The van der Waals surface area contributed by atoms with Gasteiger partial charge in [-0.1, -0.05) is 0 Å². The summed E-state index contributed by atoms with van der Waals surface area (Å²) < 4.78 is 0. The van der Waals surface area contributed by atoms with E-state index in [0.29, 0.717) is 6.54 Å².